The summed E-state index contributed by atoms with van der Waals surface area (Å²) in [6.45, 7) is 4.24. The van der Waals surface area contributed by atoms with Crippen molar-refractivity contribution >= 4 is 11.5 Å². The number of benzene rings is 1. The third kappa shape index (κ3) is 3.22. The summed E-state index contributed by atoms with van der Waals surface area (Å²) in [4.78, 5) is 4.15. The van der Waals surface area contributed by atoms with Crippen molar-refractivity contribution in [3.63, 3.8) is 0 Å². The van der Waals surface area contributed by atoms with Gasteiger partial charge in [-0.05, 0) is 36.6 Å². The van der Waals surface area contributed by atoms with Crippen molar-refractivity contribution < 1.29 is 4.39 Å². The second kappa shape index (κ2) is 5.69. The molecule has 0 unspecified atom stereocenters. The van der Waals surface area contributed by atoms with Gasteiger partial charge in [-0.3, -0.25) is 0 Å². The quantitative estimate of drug-likeness (QED) is 0.882. The Hall–Kier alpha value is -2.10. The fourth-order valence-corrected chi connectivity index (χ4v) is 2.02. The minimum Gasteiger partial charge on any atom is -0.381 e. The van der Waals surface area contributed by atoms with E-state index in [4.69, 9.17) is 0 Å². The zero-order valence-corrected chi connectivity index (χ0v) is 11.4. The number of aromatic nitrogens is 1. The highest BCUT2D eigenvalue weighted by molar-refractivity contribution is 5.51. The molecule has 2 aromatic rings. The fraction of sp³-hybridized carbons (Fsp3) is 0.267. The molecule has 0 amide bonds. The van der Waals surface area contributed by atoms with E-state index in [1.807, 2.05) is 31.3 Å². The second-order valence-electron chi connectivity index (χ2n) is 4.58. The van der Waals surface area contributed by atoms with Crippen molar-refractivity contribution in [2.75, 3.05) is 17.7 Å². The van der Waals surface area contributed by atoms with Crippen LogP contribution in [0.2, 0.25) is 0 Å². The molecular formula is C15H18FN3. The molecule has 0 spiro atoms. The van der Waals surface area contributed by atoms with Gasteiger partial charge in [0.15, 0.2) is 0 Å². The van der Waals surface area contributed by atoms with E-state index < -0.39 is 0 Å². The number of halogens is 1. The number of aryl methyl sites for hydroxylation is 2. The summed E-state index contributed by atoms with van der Waals surface area (Å²) in [6.07, 6.45) is 1.75. The average Bonchev–Trinajstić information content (AvgIpc) is 2.42. The maximum Gasteiger partial charge on any atom is 0.129 e. The van der Waals surface area contributed by atoms with Crippen LogP contribution < -0.4 is 10.6 Å². The van der Waals surface area contributed by atoms with Crippen LogP contribution in [0.4, 0.5) is 15.9 Å². The molecule has 1 aromatic carbocycles. The molecule has 0 bridgehead atoms. The molecule has 2 rings (SSSR count). The minimum absolute atomic E-state index is 0.120. The van der Waals surface area contributed by atoms with Gasteiger partial charge in [0.25, 0.3) is 0 Å². The van der Waals surface area contributed by atoms with Crippen LogP contribution in [0, 0.1) is 19.7 Å². The Morgan fingerprint density at radius 2 is 1.84 bits per heavy atom. The standard InChI is InChI=1S/C15H18FN3/c1-10-6-12(7-11(2)15(10)16)9-19-13-4-5-18-14(8-13)17-3/h4-8H,9H2,1-3H3,(H2,17,18,19). The summed E-state index contributed by atoms with van der Waals surface area (Å²) < 4.78 is 13.5. The lowest BCUT2D eigenvalue weighted by atomic mass is 10.1. The molecule has 19 heavy (non-hydrogen) atoms. The molecule has 100 valence electrons. The monoisotopic (exact) mass is 259 g/mol. The second-order valence-corrected chi connectivity index (χ2v) is 4.58. The molecule has 0 fully saturated rings. The number of hydrogen-bond acceptors (Lipinski definition) is 3. The predicted molar refractivity (Wildman–Crippen MR) is 77.0 cm³/mol. The van der Waals surface area contributed by atoms with E-state index in [-0.39, 0.29) is 5.82 Å². The molecule has 1 heterocycles. The van der Waals surface area contributed by atoms with E-state index >= 15 is 0 Å². The van der Waals surface area contributed by atoms with Crippen LogP contribution in [0.1, 0.15) is 16.7 Å². The van der Waals surface area contributed by atoms with Crippen molar-refractivity contribution in [3.8, 4) is 0 Å². The first-order chi connectivity index (χ1) is 9.10. The van der Waals surface area contributed by atoms with E-state index in [0.29, 0.717) is 17.7 Å². The van der Waals surface area contributed by atoms with Crippen LogP contribution in [0.25, 0.3) is 0 Å². The normalized spacial score (nSPS) is 10.3. The van der Waals surface area contributed by atoms with E-state index in [1.54, 1.807) is 20.0 Å². The predicted octanol–water partition coefficient (Wildman–Crippen LogP) is 3.49. The van der Waals surface area contributed by atoms with Crippen LogP contribution in [0.3, 0.4) is 0 Å². The highest BCUT2D eigenvalue weighted by atomic mass is 19.1. The number of rotatable bonds is 4. The number of nitrogens with zero attached hydrogens (tertiary/aromatic N) is 1. The first-order valence-electron chi connectivity index (χ1n) is 6.23. The van der Waals surface area contributed by atoms with Crippen molar-refractivity contribution in [3.05, 3.63) is 53.0 Å². The minimum atomic E-state index is -0.120. The highest BCUT2D eigenvalue weighted by Crippen LogP contribution is 2.17. The molecule has 0 aliphatic rings. The maximum absolute atomic E-state index is 13.5. The zero-order valence-electron chi connectivity index (χ0n) is 11.4. The molecule has 2 N–H and O–H groups in total. The molecule has 4 heteroatoms. The van der Waals surface area contributed by atoms with Crippen molar-refractivity contribution in [2.24, 2.45) is 0 Å². The Morgan fingerprint density at radius 3 is 2.47 bits per heavy atom. The molecule has 0 radical (unpaired) electrons. The summed E-state index contributed by atoms with van der Waals surface area (Å²) in [6, 6.07) is 7.58. The molecular weight excluding hydrogens is 241 g/mol. The molecule has 0 aliphatic carbocycles. The van der Waals surface area contributed by atoms with Gasteiger partial charge in [-0.2, -0.15) is 0 Å². The van der Waals surface area contributed by atoms with Gasteiger partial charge in [0.1, 0.15) is 11.6 Å². The van der Waals surface area contributed by atoms with E-state index in [1.165, 1.54) is 0 Å². The van der Waals surface area contributed by atoms with Gasteiger partial charge in [0, 0.05) is 31.5 Å². The molecule has 0 saturated carbocycles. The van der Waals surface area contributed by atoms with Gasteiger partial charge in [0.2, 0.25) is 0 Å². The summed E-state index contributed by atoms with van der Waals surface area (Å²) in [5.41, 5.74) is 3.42. The van der Waals surface area contributed by atoms with E-state index in [2.05, 4.69) is 15.6 Å². The summed E-state index contributed by atoms with van der Waals surface area (Å²) >= 11 is 0. The third-order valence-corrected chi connectivity index (χ3v) is 3.01. The number of nitrogens with one attached hydrogen (secondary N) is 2. The lowest BCUT2D eigenvalue weighted by molar-refractivity contribution is 0.608. The highest BCUT2D eigenvalue weighted by Gasteiger charge is 2.04. The number of anilines is 2. The van der Waals surface area contributed by atoms with Gasteiger partial charge < -0.3 is 10.6 Å². The topological polar surface area (TPSA) is 37.0 Å². The lowest BCUT2D eigenvalue weighted by Crippen LogP contribution is -2.02. The Balaban J connectivity index is 2.10. The SMILES string of the molecule is CNc1cc(NCc2cc(C)c(F)c(C)c2)ccn1. The number of hydrogen-bond donors (Lipinski definition) is 2. The van der Waals surface area contributed by atoms with Gasteiger partial charge in [-0.1, -0.05) is 12.1 Å². The third-order valence-electron chi connectivity index (χ3n) is 3.01. The van der Waals surface area contributed by atoms with Gasteiger partial charge in [-0.15, -0.1) is 0 Å². The van der Waals surface area contributed by atoms with Gasteiger partial charge in [-0.25, -0.2) is 9.37 Å². The van der Waals surface area contributed by atoms with Crippen LogP contribution in [-0.4, -0.2) is 12.0 Å². The molecule has 3 nitrogen and oxygen atoms in total. The maximum atomic E-state index is 13.5. The zero-order chi connectivity index (χ0) is 13.8. The molecule has 1 aromatic heterocycles. The van der Waals surface area contributed by atoms with Crippen molar-refractivity contribution in [1.29, 1.82) is 0 Å². The van der Waals surface area contributed by atoms with Crippen LogP contribution in [-0.2, 0) is 6.54 Å². The summed E-state index contributed by atoms with van der Waals surface area (Å²) in [5, 5.41) is 6.30. The van der Waals surface area contributed by atoms with Crippen LogP contribution in [0.15, 0.2) is 30.5 Å². The molecule has 0 saturated heterocycles. The Labute approximate surface area is 112 Å². The molecule has 0 aliphatic heterocycles. The summed E-state index contributed by atoms with van der Waals surface area (Å²) in [7, 11) is 1.83. The van der Waals surface area contributed by atoms with Crippen LogP contribution >= 0.6 is 0 Å². The average molecular weight is 259 g/mol. The Bertz CT molecular complexity index is 558. The number of pyridine rings is 1. The molecule has 0 atom stereocenters. The van der Waals surface area contributed by atoms with E-state index in [0.717, 1.165) is 17.1 Å². The Morgan fingerprint density at radius 1 is 1.16 bits per heavy atom. The van der Waals surface area contributed by atoms with E-state index in [9.17, 15) is 4.39 Å². The van der Waals surface area contributed by atoms with Gasteiger partial charge in [0.05, 0.1) is 0 Å². The lowest BCUT2D eigenvalue weighted by Gasteiger charge is -2.10. The van der Waals surface area contributed by atoms with Crippen molar-refractivity contribution in [2.45, 2.75) is 20.4 Å². The van der Waals surface area contributed by atoms with Crippen molar-refractivity contribution in [1.82, 2.24) is 4.98 Å². The Kier molecular flexibility index (Phi) is 4.00. The first-order valence-corrected chi connectivity index (χ1v) is 6.23. The van der Waals surface area contributed by atoms with Crippen LogP contribution in [0.5, 0.6) is 0 Å². The first kappa shape index (κ1) is 13.3. The largest absolute Gasteiger partial charge is 0.381 e. The van der Waals surface area contributed by atoms with Gasteiger partial charge >= 0.3 is 0 Å². The fourth-order valence-electron chi connectivity index (χ4n) is 2.02. The smallest absolute Gasteiger partial charge is 0.129 e. The summed E-state index contributed by atoms with van der Waals surface area (Å²) in [5.74, 6) is 0.696.